The molecule has 14 amide bonds. The lowest BCUT2D eigenvalue weighted by Gasteiger charge is -2.29. The molecule has 0 saturated carbocycles. The van der Waals surface area contributed by atoms with Crippen LogP contribution in [0.2, 0.25) is 0 Å². The summed E-state index contributed by atoms with van der Waals surface area (Å²) in [5.74, 6) is -17.0. The molecular weight excluding hydrogens is 1500 g/mol. The van der Waals surface area contributed by atoms with Crippen molar-refractivity contribution in [3.8, 4) is 11.5 Å². The van der Waals surface area contributed by atoms with Gasteiger partial charge in [0.05, 0.1) is 24.7 Å². The lowest BCUT2D eigenvalue weighted by atomic mass is 9.99. The number of rotatable bonds is 49. The summed E-state index contributed by atoms with van der Waals surface area (Å²) in [5, 5.41) is 79.7. The molecule has 0 aliphatic heterocycles. The van der Waals surface area contributed by atoms with Gasteiger partial charge in [0.25, 0.3) is 0 Å². The molecular formula is C76H105N17O20S. The molecule has 1 aromatic heterocycles. The first-order valence-corrected chi connectivity index (χ1v) is 38.3. The van der Waals surface area contributed by atoms with Crippen LogP contribution in [-0.2, 0) is 97.6 Å². The van der Waals surface area contributed by atoms with Crippen molar-refractivity contribution >= 4 is 111 Å². The van der Waals surface area contributed by atoms with E-state index in [1.807, 2.05) is 0 Å². The average Bonchev–Trinajstić information content (AvgIpc) is 1.48. The van der Waals surface area contributed by atoms with Crippen molar-refractivity contribution in [3.05, 3.63) is 132 Å². The molecule has 0 aliphatic rings. The monoisotopic (exact) mass is 1610 g/mol. The zero-order valence-corrected chi connectivity index (χ0v) is 64.6. The molecule has 37 nitrogen and oxygen atoms in total. The molecule has 114 heavy (non-hydrogen) atoms. The van der Waals surface area contributed by atoms with E-state index >= 15 is 9.59 Å². The molecule has 1 heterocycles. The number of hydrogen-bond acceptors (Lipinski definition) is 22. The van der Waals surface area contributed by atoms with E-state index in [4.69, 9.17) is 28.7 Å². The van der Waals surface area contributed by atoms with Crippen LogP contribution in [0.25, 0.3) is 10.9 Å². The Hall–Kier alpha value is -11.7. The highest BCUT2D eigenvalue weighted by Crippen LogP contribution is 2.22. The number of aromatic nitrogens is 1. The Bertz CT molecular complexity index is 4130. The Morgan fingerprint density at radius 1 is 0.412 bits per heavy atom. The predicted molar refractivity (Wildman–Crippen MR) is 417 cm³/mol. The minimum atomic E-state index is -2.01. The zero-order valence-electron chi connectivity index (χ0n) is 63.8. The number of carbonyl (C=O) groups excluding carboxylic acids is 14. The van der Waals surface area contributed by atoms with E-state index in [0.29, 0.717) is 52.5 Å². The van der Waals surface area contributed by atoms with E-state index < -0.39 is 218 Å². The molecule has 5 aromatic rings. The largest absolute Gasteiger partial charge is 0.508 e. The number of unbranched alkanes of at least 4 members (excludes halogenated alkanes) is 1. The number of thioether (sulfide) groups is 1. The fourth-order valence-corrected chi connectivity index (χ4v) is 12.3. The molecule has 0 spiro atoms. The first-order valence-electron chi connectivity index (χ1n) is 36.9. The van der Waals surface area contributed by atoms with Gasteiger partial charge in [0.1, 0.15) is 71.9 Å². The predicted octanol–water partition coefficient (Wildman–Crippen LogP) is -3.70. The molecule has 27 N–H and O–H groups in total. The van der Waals surface area contributed by atoms with Gasteiger partial charge < -0.3 is 118 Å². The number of aromatic amines is 1. The Morgan fingerprint density at radius 2 is 0.789 bits per heavy atom. The van der Waals surface area contributed by atoms with Gasteiger partial charge in [0.2, 0.25) is 82.7 Å². The van der Waals surface area contributed by atoms with Gasteiger partial charge in [-0.05, 0) is 123 Å². The van der Waals surface area contributed by atoms with Crippen LogP contribution in [-0.4, -0.2) is 222 Å². The standard InChI is InChI=1S/C76H105N17O20S/c1-39(2)62(91-73(109)58(37-61(81)100)86-65(101)49(78)16-11-12-31-77)74(110)84-52(27-29-60(80)99)67(103)87-55(34-43-18-22-46(96)23-19-43)70(106)90-57(36-45-38-82-50-17-10-9-15-48(45)50)72(108)92-63(40(3)94)75(111)85-51(26-28-59(79)98)66(102)83-53(30-32-114-5)68(104)88-54(33-42-13-7-6-8-14-42)69(105)89-56(35-44-20-24-47(97)25-21-44)71(107)93-64(41(4)95)76(112)113/h6-10,13-15,17-25,38-41,49,51-58,62-64,82,94-97H,11-12,16,26-37,77-78H2,1-5H3,(H2,79,98)(H2,80,99)(H2,81,100)(H,83,102)(H,84,110)(H,85,111)(H,86,101)(H,87,103)(H,88,104)(H,89,105)(H,90,106)(H,91,109)(H,92,108)(H,93,107)(H,112,113)/t40-,41-,49+,51+,52+,53+,54+,55+,56+,57+,58+,62+,63+,64+/m1/s1. The number of primary amides is 3. The highest BCUT2D eigenvalue weighted by Gasteiger charge is 2.39. The van der Waals surface area contributed by atoms with Crippen molar-refractivity contribution in [1.82, 2.24) is 63.5 Å². The van der Waals surface area contributed by atoms with E-state index in [2.05, 4.69) is 63.5 Å². The summed E-state index contributed by atoms with van der Waals surface area (Å²) < 4.78 is 0. The number of para-hydroxylation sites is 1. The van der Waals surface area contributed by atoms with E-state index in [-0.39, 0.29) is 49.4 Å². The number of amides is 14. The molecule has 0 saturated heterocycles. The molecule has 0 unspecified atom stereocenters. The minimum absolute atomic E-state index is 0.131. The number of aliphatic carboxylic acids is 1. The van der Waals surface area contributed by atoms with Gasteiger partial charge in [0.15, 0.2) is 6.04 Å². The Kier molecular flexibility index (Phi) is 37.7. The maximum Gasteiger partial charge on any atom is 0.328 e. The lowest BCUT2D eigenvalue weighted by molar-refractivity contribution is -0.145. The third kappa shape index (κ3) is 30.7. The number of aliphatic hydroxyl groups excluding tert-OH is 2. The second-order valence-corrected chi connectivity index (χ2v) is 28.8. The number of aromatic hydroxyl groups is 2. The third-order valence-corrected chi connectivity index (χ3v) is 18.9. The number of benzene rings is 4. The molecule has 0 bridgehead atoms. The molecule has 4 aromatic carbocycles. The number of carboxylic acid groups (broad SMARTS) is 1. The van der Waals surface area contributed by atoms with Crippen LogP contribution < -0.4 is 87.2 Å². The van der Waals surface area contributed by atoms with Crippen LogP contribution in [0.1, 0.15) is 108 Å². The summed E-state index contributed by atoms with van der Waals surface area (Å²) in [6, 6.07) is 6.20. The van der Waals surface area contributed by atoms with E-state index in [9.17, 15) is 87.9 Å². The smallest absolute Gasteiger partial charge is 0.328 e. The zero-order chi connectivity index (χ0) is 84.5. The van der Waals surface area contributed by atoms with Crippen molar-refractivity contribution in [2.45, 2.75) is 196 Å². The molecule has 0 fully saturated rings. The lowest BCUT2D eigenvalue weighted by Crippen LogP contribution is -2.62. The molecule has 5 rings (SSSR count). The summed E-state index contributed by atoms with van der Waals surface area (Å²) in [4.78, 5) is 211. The topological polar surface area (TPSA) is 635 Å². The highest BCUT2D eigenvalue weighted by atomic mass is 32.2. The van der Waals surface area contributed by atoms with Crippen molar-refractivity contribution in [2.75, 3.05) is 18.6 Å². The second-order valence-electron chi connectivity index (χ2n) is 27.9. The number of nitrogens with one attached hydrogen (secondary N) is 12. The Balaban J connectivity index is 1.46. The number of nitrogens with two attached hydrogens (primary N) is 5. The molecule has 38 heteroatoms. The summed E-state index contributed by atoms with van der Waals surface area (Å²) in [5.41, 5.74) is 30.3. The number of aliphatic hydroxyl groups is 2. The van der Waals surface area contributed by atoms with Gasteiger partial charge in [-0.2, -0.15) is 11.8 Å². The van der Waals surface area contributed by atoms with Crippen LogP contribution in [0, 0.1) is 5.92 Å². The van der Waals surface area contributed by atoms with Crippen molar-refractivity contribution in [1.29, 1.82) is 0 Å². The highest BCUT2D eigenvalue weighted by molar-refractivity contribution is 7.98. The van der Waals surface area contributed by atoms with Gasteiger partial charge in [-0.15, -0.1) is 0 Å². The van der Waals surface area contributed by atoms with E-state index in [1.54, 1.807) is 60.9 Å². The normalized spacial score (nSPS) is 14.9. The van der Waals surface area contributed by atoms with Gasteiger partial charge in [0, 0.05) is 55.6 Å². The first kappa shape index (κ1) is 92.9. The van der Waals surface area contributed by atoms with Gasteiger partial charge in [-0.3, -0.25) is 67.1 Å². The van der Waals surface area contributed by atoms with Crippen molar-refractivity contribution < 1.29 is 97.5 Å². The second kappa shape index (κ2) is 46.3. The maximum absolute atomic E-state index is 15.1. The molecule has 0 radical (unpaired) electrons. The number of carboxylic acids is 1. The van der Waals surface area contributed by atoms with Crippen molar-refractivity contribution in [3.63, 3.8) is 0 Å². The van der Waals surface area contributed by atoms with Crippen LogP contribution in [0.4, 0.5) is 0 Å². The number of hydrogen-bond donors (Lipinski definition) is 22. The number of phenolic OH excluding ortho intramolecular Hbond substituents is 2. The minimum Gasteiger partial charge on any atom is -0.508 e. The van der Waals surface area contributed by atoms with Crippen molar-refractivity contribution in [2.24, 2.45) is 34.6 Å². The Labute approximate surface area is 661 Å². The number of H-pyrrole nitrogens is 1. The van der Waals surface area contributed by atoms with Crippen LogP contribution in [0.5, 0.6) is 11.5 Å². The summed E-state index contributed by atoms with van der Waals surface area (Å²) in [6.45, 7) is 5.59. The molecule has 620 valence electrons. The average molecular weight is 1610 g/mol. The molecule has 14 atom stereocenters. The van der Waals surface area contributed by atoms with Gasteiger partial charge >= 0.3 is 5.97 Å². The Morgan fingerprint density at radius 3 is 1.23 bits per heavy atom. The van der Waals surface area contributed by atoms with E-state index in [1.165, 1.54) is 80.3 Å². The van der Waals surface area contributed by atoms with Crippen LogP contribution in [0.15, 0.2) is 109 Å². The van der Waals surface area contributed by atoms with Crippen LogP contribution >= 0.6 is 11.8 Å². The fraction of sp³-hybridized carbons (Fsp3) is 0.461. The van der Waals surface area contributed by atoms with Gasteiger partial charge in [-0.1, -0.05) is 93.1 Å². The third-order valence-electron chi connectivity index (χ3n) is 18.2. The molecule has 0 aliphatic carbocycles. The van der Waals surface area contributed by atoms with E-state index in [0.717, 1.165) is 13.8 Å². The number of phenols is 2. The quantitative estimate of drug-likeness (QED) is 0.0167. The summed E-state index contributed by atoms with van der Waals surface area (Å²) >= 11 is 1.25. The van der Waals surface area contributed by atoms with Gasteiger partial charge in [-0.25, -0.2) is 4.79 Å². The summed E-state index contributed by atoms with van der Waals surface area (Å²) in [7, 11) is 0. The number of fused-ring (bicyclic) bond motifs is 1. The summed E-state index contributed by atoms with van der Waals surface area (Å²) in [6.07, 6.45) is -3.35. The SMILES string of the molecule is CSCC[C@H](NC(=O)[C@H](CCC(N)=O)NC(=O)[C@@H](NC(=O)[C@H](Cc1c[nH]c2ccccc12)NC(=O)[C@H](Cc1ccc(O)cc1)NC(=O)[C@H](CCC(N)=O)NC(=O)[C@@H](NC(=O)[C@H](CC(N)=O)NC(=O)[C@@H](N)CCCCN)C(C)C)[C@@H](C)O)C(=O)N[C@@H](Cc1ccccc1)C(=O)N[C@@H](Cc1ccc(O)cc1)C(=O)N[C@H](C(=O)O)[C@@H](C)O. The maximum atomic E-state index is 15.1. The van der Waals surface area contributed by atoms with Crippen LogP contribution in [0.3, 0.4) is 0 Å². The fourth-order valence-electron chi connectivity index (χ4n) is 11.9. The first-order chi connectivity index (χ1) is 54.0. The number of carbonyl (C=O) groups is 15.